The van der Waals surface area contributed by atoms with Crippen molar-refractivity contribution in [2.75, 3.05) is 49.1 Å². The molecule has 0 aliphatic carbocycles. The van der Waals surface area contributed by atoms with Crippen LogP contribution in [0.4, 0.5) is 33.8 Å². The van der Waals surface area contributed by atoms with Gasteiger partial charge in [0, 0.05) is 59.2 Å². The van der Waals surface area contributed by atoms with Gasteiger partial charge in [0.15, 0.2) is 22.6 Å². The average molecular weight is 910 g/mol. The third-order valence-electron chi connectivity index (χ3n) is 10.9. The standard InChI is InChI=1S/C19H18F3N7S.C17H18F2N6S.C5H12N2/c1-18(24)4-6-29(7-5-18)17-27-15-16(28-17)26-14(10-25-15)30-13-3-2-11(9-23)8-12(13)19(20,21)22;1-17(20)4-6-25(7-5-17)16-23-14-15(24-16)22-13(9-21-14)26-12-3-2-10(18)8-11(12)19;6-5-1-3-7-4-2-5/h2-3,8,10H,4-7,24H2,1H3,(H,25,26,27,28);2-3,8-9H,4-7,20H2,1H3,(H,21,22,23,24);5,7H,1-4,6H2. The molecule has 3 fully saturated rings. The van der Waals surface area contributed by atoms with Crippen LogP contribution in [0.2, 0.25) is 0 Å². The fraction of sp³-hybridized carbons (Fsp3) is 0.439. The van der Waals surface area contributed by atoms with Crippen LogP contribution in [-0.4, -0.2) is 96.3 Å². The maximum atomic E-state index is 13.8. The van der Waals surface area contributed by atoms with Crippen LogP contribution >= 0.6 is 23.5 Å². The number of aromatic amines is 2. The first-order valence-corrected chi connectivity index (χ1v) is 22.0. The summed E-state index contributed by atoms with van der Waals surface area (Å²) in [5.74, 6) is 0.102. The van der Waals surface area contributed by atoms with Gasteiger partial charge in [0.25, 0.3) is 0 Å². The van der Waals surface area contributed by atoms with E-state index in [1.807, 2.05) is 6.92 Å². The number of halogens is 5. The van der Waals surface area contributed by atoms with Gasteiger partial charge in [0.05, 0.1) is 29.6 Å². The number of imidazole rings is 2. The predicted molar refractivity (Wildman–Crippen MR) is 232 cm³/mol. The van der Waals surface area contributed by atoms with Crippen LogP contribution in [0.25, 0.3) is 22.6 Å². The van der Waals surface area contributed by atoms with Gasteiger partial charge in [-0.2, -0.15) is 28.4 Å². The molecule has 15 nitrogen and oxygen atoms in total. The molecule has 63 heavy (non-hydrogen) atoms. The Morgan fingerprint density at radius 1 is 0.746 bits per heavy atom. The highest BCUT2D eigenvalue weighted by Crippen LogP contribution is 2.40. The van der Waals surface area contributed by atoms with Crippen LogP contribution in [-0.2, 0) is 6.18 Å². The normalized spacial score (nSPS) is 17.7. The molecule has 4 aromatic heterocycles. The van der Waals surface area contributed by atoms with Crippen molar-refractivity contribution >= 4 is 58.0 Å². The summed E-state index contributed by atoms with van der Waals surface area (Å²) in [6.07, 6.45) is 4.07. The number of fused-ring (bicyclic) bond motifs is 2. The van der Waals surface area contributed by atoms with Crippen molar-refractivity contribution in [3.63, 3.8) is 0 Å². The number of nitrogens with one attached hydrogen (secondary N) is 3. The zero-order valence-corrected chi connectivity index (χ0v) is 36.3. The molecule has 0 atom stereocenters. The molecule has 9 N–H and O–H groups in total. The van der Waals surface area contributed by atoms with Gasteiger partial charge < -0.3 is 42.3 Å². The lowest BCUT2D eigenvalue weighted by atomic mass is 9.91. The Kier molecular flexibility index (Phi) is 14.0. The molecule has 7 heterocycles. The topological polar surface area (TPSA) is 229 Å². The molecule has 2 aromatic carbocycles. The number of nitrogens with two attached hydrogens (primary N) is 3. The third-order valence-corrected chi connectivity index (χ3v) is 12.8. The lowest BCUT2D eigenvalue weighted by Crippen LogP contribution is -2.48. The van der Waals surface area contributed by atoms with E-state index in [1.54, 1.807) is 6.07 Å². The van der Waals surface area contributed by atoms with Gasteiger partial charge in [-0.05, 0) is 95.8 Å². The highest BCUT2D eigenvalue weighted by Gasteiger charge is 2.34. The number of hydrogen-bond donors (Lipinski definition) is 6. The lowest BCUT2D eigenvalue weighted by Gasteiger charge is -2.36. The third kappa shape index (κ3) is 12.1. The van der Waals surface area contributed by atoms with Gasteiger partial charge in [-0.25, -0.2) is 28.7 Å². The summed E-state index contributed by atoms with van der Waals surface area (Å²) in [5.41, 5.74) is 18.5. The Bertz CT molecular complexity index is 2550. The first-order chi connectivity index (χ1) is 29.9. The second kappa shape index (κ2) is 19.3. The van der Waals surface area contributed by atoms with Gasteiger partial charge in [-0.3, -0.25) is 0 Å². The lowest BCUT2D eigenvalue weighted by molar-refractivity contribution is -0.139. The molecular formula is C41H48F5N15S2. The average Bonchev–Trinajstić information content (AvgIpc) is 3.87. The molecule has 3 aliphatic heterocycles. The number of piperidine rings is 3. The highest BCUT2D eigenvalue weighted by atomic mass is 32.2. The smallest absolute Gasteiger partial charge is 0.342 e. The molecule has 0 spiro atoms. The molecule has 0 amide bonds. The summed E-state index contributed by atoms with van der Waals surface area (Å²) in [7, 11) is 0. The van der Waals surface area contributed by atoms with Crippen molar-refractivity contribution in [1.29, 1.82) is 5.26 Å². The van der Waals surface area contributed by atoms with Crippen LogP contribution in [0, 0.1) is 23.0 Å². The second-order valence-corrected chi connectivity index (χ2v) is 18.5. The summed E-state index contributed by atoms with van der Waals surface area (Å²) in [6.45, 7) is 9.42. The number of benzene rings is 2. The number of nitrogens with zero attached hydrogens (tertiary/aromatic N) is 9. The van der Waals surface area contributed by atoms with E-state index in [9.17, 15) is 22.0 Å². The van der Waals surface area contributed by atoms with Crippen molar-refractivity contribution in [3.05, 3.63) is 71.6 Å². The molecule has 0 unspecified atom stereocenters. The van der Waals surface area contributed by atoms with E-state index >= 15 is 0 Å². The Hall–Kier alpha value is -5.18. The molecule has 0 saturated carbocycles. The molecule has 0 radical (unpaired) electrons. The maximum absolute atomic E-state index is 13.8. The number of nitriles is 1. The Morgan fingerprint density at radius 2 is 1.24 bits per heavy atom. The molecule has 334 valence electrons. The van der Waals surface area contributed by atoms with Crippen molar-refractivity contribution in [2.24, 2.45) is 17.2 Å². The number of alkyl halides is 3. The summed E-state index contributed by atoms with van der Waals surface area (Å²) < 4.78 is 67.0. The summed E-state index contributed by atoms with van der Waals surface area (Å²) in [4.78, 5) is 37.0. The molecule has 6 aromatic rings. The molecule has 0 bridgehead atoms. The Labute approximate surface area is 368 Å². The van der Waals surface area contributed by atoms with E-state index in [4.69, 9.17) is 22.5 Å². The van der Waals surface area contributed by atoms with Gasteiger partial charge in [0.1, 0.15) is 21.7 Å². The maximum Gasteiger partial charge on any atom is 0.417 e. The van der Waals surface area contributed by atoms with Crippen molar-refractivity contribution < 1.29 is 22.0 Å². The highest BCUT2D eigenvalue weighted by molar-refractivity contribution is 7.99. The second-order valence-electron chi connectivity index (χ2n) is 16.4. The largest absolute Gasteiger partial charge is 0.417 e. The number of rotatable bonds is 6. The minimum absolute atomic E-state index is 0.0480. The van der Waals surface area contributed by atoms with Crippen LogP contribution in [0.1, 0.15) is 63.5 Å². The predicted octanol–water partition coefficient (Wildman–Crippen LogP) is 6.51. The molecule has 3 saturated heterocycles. The Balaban J connectivity index is 0.000000165. The van der Waals surface area contributed by atoms with Gasteiger partial charge in [-0.15, -0.1) is 0 Å². The summed E-state index contributed by atoms with van der Waals surface area (Å²) in [6, 6.07) is 9.11. The van der Waals surface area contributed by atoms with Crippen molar-refractivity contribution in [2.45, 2.75) is 95.5 Å². The van der Waals surface area contributed by atoms with Crippen LogP contribution < -0.4 is 32.3 Å². The van der Waals surface area contributed by atoms with E-state index in [-0.39, 0.29) is 26.4 Å². The fourth-order valence-electron chi connectivity index (χ4n) is 6.93. The number of hydrogen-bond acceptors (Lipinski definition) is 15. The molecular weight excluding hydrogens is 862 g/mol. The minimum atomic E-state index is -4.58. The summed E-state index contributed by atoms with van der Waals surface area (Å²) in [5, 5.41) is 12.9. The number of aromatic nitrogens is 8. The van der Waals surface area contributed by atoms with E-state index in [1.165, 1.54) is 36.7 Å². The van der Waals surface area contributed by atoms with Crippen molar-refractivity contribution in [1.82, 2.24) is 45.2 Å². The first kappa shape index (κ1) is 45.8. The van der Waals surface area contributed by atoms with E-state index < -0.39 is 23.4 Å². The molecule has 9 rings (SSSR count). The van der Waals surface area contributed by atoms with Gasteiger partial charge in [-0.1, -0.05) is 23.5 Å². The first-order valence-electron chi connectivity index (χ1n) is 20.4. The zero-order valence-electron chi connectivity index (χ0n) is 34.6. The SMILES string of the molecule is CC1(N)CCN(c2nc3ncc(Sc4ccc(C#N)cc4C(F)(F)F)nc3[nH]2)CC1.CC1(N)CCN(c2nc3ncc(Sc4ccc(F)cc4F)nc3[nH]2)CC1.NC1CCNCC1. The fourth-order valence-corrected chi connectivity index (χ4v) is 8.58. The molecule has 22 heteroatoms. The summed E-state index contributed by atoms with van der Waals surface area (Å²) >= 11 is 1.93. The van der Waals surface area contributed by atoms with E-state index in [2.05, 4.69) is 61.9 Å². The van der Waals surface area contributed by atoms with E-state index in [0.717, 1.165) is 113 Å². The monoisotopic (exact) mass is 909 g/mol. The van der Waals surface area contributed by atoms with Crippen LogP contribution in [0.3, 0.4) is 0 Å². The minimum Gasteiger partial charge on any atom is -0.342 e. The zero-order chi connectivity index (χ0) is 44.9. The van der Waals surface area contributed by atoms with Crippen LogP contribution in [0.15, 0.2) is 68.6 Å². The van der Waals surface area contributed by atoms with Crippen molar-refractivity contribution in [3.8, 4) is 6.07 Å². The molecule has 3 aliphatic rings. The van der Waals surface area contributed by atoms with Gasteiger partial charge >= 0.3 is 6.18 Å². The quantitative estimate of drug-likeness (QED) is 0.0979. The Morgan fingerprint density at radius 3 is 1.68 bits per heavy atom. The van der Waals surface area contributed by atoms with Crippen LogP contribution in [0.5, 0.6) is 0 Å². The van der Waals surface area contributed by atoms with Gasteiger partial charge in [0.2, 0.25) is 11.9 Å². The number of anilines is 2. The number of H-pyrrole nitrogens is 2. The van der Waals surface area contributed by atoms with E-state index in [0.29, 0.717) is 50.6 Å².